The molecule has 0 saturated carbocycles. The number of aryl methyl sites for hydroxylation is 2. The highest BCUT2D eigenvalue weighted by atomic mass is 19.4. The number of rotatable bonds is 4. The highest BCUT2D eigenvalue weighted by Gasteiger charge is 2.38. The standard InChI is InChI=1S/C28H29F3N6O3/c1-15-10-16(2)12-18(11-15)24-21-7-9-36(27(32)40)25(21)26(39)37(34-24)23-13-20(4-5-22(23)28(29,30)31)35-8-6-19(14-35)33-17(3)38/h4-5,10-13,19H,6-9,14H2,1-3H3,(H2,32,40)(H,33,38)/t19-/m1/s1. The first-order chi connectivity index (χ1) is 18.8. The number of fused-ring (bicyclic) bond motifs is 1. The molecule has 2 aliphatic rings. The molecular formula is C28H29F3N6O3. The van der Waals surface area contributed by atoms with Gasteiger partial charge in [-0.25, -0.2) is 4.79 Å². The van der Waals surface area contributed by atoms with Crippen LogP contribution in [0.5, 0.6) is 0 Å². The molecule has 3 heterocycles. The summed E-state index contributed by atoms with van der Waals surface area (Å²) in [5.41, 5.74) is 6.81. The fourth-order valence-electron chi connectivity index (χ4n) is 5.66. The minimum atomic E-state index is -4.79. The zero-order valence-electron chi connectivity index (χ0n) is 22.3. The van der Waals surface area contributed by atoms with Crippen LogP contribution < -0.4 is 26.4 Å². The van der Waals surface area contributed by atoms with Gasteiger partial charge in [0.15, 0.2) is 0 Å². The monoisotopic (exact) mass is 554 g/mol. The Morgan fingerprint density at radius 1 is 1.07 bits per heavy atom. The van der Waals surface area contributed by atoms with Gasteiger partial charge in [0.1, 0.15) is 5.69 Å². The number of carbonyl (C=O) groups excluding carboxylic acids is 2. The molecule has 3 aromatic rings. The maximum atomic E-state index is 14.3. The van der Waals surface area contributed by atoms with E-state index in [4.69, 9.17) is 5.73 Å². The quantitative estimate of drug-likeness (QED) is 0.511. The minimum absolute atomic E-state index is 0.0675. The van der Waals surface area contributed by atoms with Crippen LogP contribution in [0.4, 0.5) is 29.3 Å². The van der Waals surface area contributed by atoms with Gasteiger partial charge < -0.3 is 16.0 Å². The predicted octanol–water partition coefficient (Wildman–Crippen LogP) is 3.69. The van der Waals surface area contributed by atoms with Crippen molar-refractivity contribution in [1.29, 1.82) is 0 Å². The van der Waals surface area contributed by atoms with E-state index in [9.17, 15) is 27.6 Å². The maximum absolute atomic E-state index is 14.3. The zero-order chi connectivity index (χ0) is 28.9. The molecule has 12 heteroatoms. The van der Waals surface area contributed by atoms with Crippen molar-refractivity contribution in [2.45, 2.75) is 45.8 Å². The Balaban J connectivity index is 1.74. The summed E-state index contributed by atoms with van der Waals surface area (Å²) in [4.78, 5) is 40.5. The Hall–Kier alpha value is -4.35. The highest BCUT2D eigenvalue weighted by molar-refractivity contribution is 5.94. The summed E-state index contributed by atoms with van der Waals surface area (Å²) in [6.45, 7) is 6.21. The van der Waals surface area contributed by atoms with E-state index >= 15 is 0 Å². The first-order valence-electron chi connectivity index (χ1n) is 12.9. The number of primary amides is 1. The van der Waals surface area contributed by atoms with E-state index < -0.39 is 29.0 Å². The van der Waals surface area contributed by atoms with Gasteiger partial charge in [-0.3, -0.25) is 14.5 Å². The average molecular weight is 555 g/mol. The van der Waals surface area contributed by atoms with Crippen molar-refractivity contribution in [1.82, 2.24) is 15.1 Å². The molecule has 5 rings (SSSR count). The summed E-state index contributed by atoms with van der Waals surface area (Å²) >= 11 is 0. The molecule has 0 radical (unpaired) electrons. The lowest BCUT2D eigenvalue weighted by atomic mass is 10.0. The van der Waals surface area contributed by atoms with Crippen LogP contribution in [0.15, 0.2) is 41.2 Å². The van der Waals surface area contributed by atoms with Gasteiger partial charge >= 0.3 is 12.2 Å². The molecule has 40 heavy (non-hydrogen) atoms. The molecule has 3 amide bonds. The highest BCUT2D eigenvalue weighted by Crippen LogP contribution is 2.38. The van der Waals surface area contributed by atoms with Crippen LogP contribution in [0.2, 0.25) is 0 Å². The van der Waals surface area contributed by atoms with Gasteiger partial charge in [-0.05, 0) is 57.0 Å². The second kappa shape index (κ2) is 10.00. The summed E-state index contributed by atoms with van der Waals surface area (Å²) < 4.78 is 43.6. The van der Waals surface area contributed by atoms with Gasteiger partial charge in [0.25, 0.3) is 5.56 Å². The Kier molecular flexibility index (Phi) is 6.80. The summed E-state index contributed by atoms with van der Waals surface area (Å²) in [6.07, 6.45) is -3.88. The van der Waals surface area contributed by atoms with Crippen LogP contribution in [0.3, 0.4) is 0 Å². The molecule has 210 valence electrons. The van der Waals surface area contributed by atoms with Gasteiger partial charge in [-0.15, -0.1) is 0 Å². The predicted molar refractivity (Wildman–Crippen MR) is 145 cm³/mol. The van der Waals surface area contributed by atoms with Crippen LogP contribution in [-0.4, -0.2) is 47.4 Å². The Morgan fingerprint density at radius 3 is 2.40 bits per heavy atom. The molecule has 2 aliphatic heterocycles. The molecule has 0 spiro atoms. The van der Waals surface area contributed by atoms with Crippen LogP contribution in [-0.2, 0) is 17.4 Å². The number of nitrogens with two attached hydrogens (primary N) is 1. The number of urea groups is 1. The zero-order valence-corrected chi connectivity index (χ0v) is 22.3. The first-order valence-corrected chi connectivity index (χ1v) is 12.9. The van der Waals surface area contributed by atoms with Crippen LogP contribution in [0.25, 0.3) is 16.9 Å². The third kappa shape index (κ3) is 5.01. The number of hydrogen-bond donors (Lipinski definition) is 2. The number of benzene rings is 2. The van der Waals surface area contributed by atoms with Gasteiger partial charge in [0.2, 0.25) is 5.91 Å². The van der Waals surface area contributed by atoms with Gasteiger partial charge in [0.05, 0.1) is 16.9 Å². The Labute approximate surface area is 228 Å². The average Bonchev–Trinajstić information content (AvgIpc) is 3.50. The summed E-state index contributed by atoms with van der Waals surface area (Å²) in [5, 5.41) is 7.34. The molecule has 1 atom stereocenters. The molecule has 1 aromatic heterocycles. The van der Waals surface area contributed by atoms with E-state index in [1.165, 1.54) is 19.1 Å². The number of nitrogens with one attached hydrogen (secondary N) is 1. The van der Waals surface area contributed by atoms with Gasteiger partial charge in [-0.2, -0.15) is 23.0 Å². The smallest absolute Gasteiger partial charge is 0.369 e. The molecular weight excluding hydrogens is 525 g/mol. The third-order valence-corrected chi connectivity index (χ3v) is 7.26. The molecule has 1 saturated heterocycles. The van der Waals surface area contributed by atoms with Crippen molar-refractivity contribution in [2.24, 2.45) is 5.73 Å². The lowest BCUT2D eigenvalue weighted by Crippen LogP contribution is -2.39. The fourth-order valence-corrected chi connectivity index (χ4v) is 5.66. The molecule has 0 unspecified atom stereocenters. The van der Waals surface area contributed by atoms with Crippen molar-refractivity contribution in [3.63, 3.8) is 0 Å². The second-order valence-corrected chi connectivity index (χ2v) is 10.3. The second-order valence-electron chi connectivity index (χ2n) is 10.3. The Bertz CT molecular complexity index is 1560. The summed E-state index contributed by atoms with van der Waals surface area (Å²) in [6, 6.07) is 8.17. The SMILES string of the molecule is CC(=O)N[C@@H]1CCN(c2ccc(C(F)(F)F)c(-n3nc(-c4cc(C)cc(C)c4)c4c(c3=O)N(C(N)=O)CC4)c2)C1. The van der Waals surface area contributed by atoms with Crippen molar-refractivity contribution < 1.29 is 22.8 Å². The largest absolute Gasteiger partial charge is 0.418 e. The molecule has 0 bridgehead atoms. The van der Waals surface area contributed by atoms with Crippen molar-refractivity contribution in [3.8, 4) is 16.9 Å². The van der Waals surface area contributed by atoms with Crippen LogP contribution in [0, 0.1) is 13.8 Å². The number of aromatic nitrogens is 2. The summed E-state index contributed by atoms with van der Waals surface area (Å²) in [5.74, 6) is -0.188. The number of nitrogens with zero attached hydrogens (tertiary/aromatic N) is 4. The van der Waals surface area contributed by atoms with Crippen molar-refractivity contribution in [2.75, 3.05) is 29.4 Å². The van der Waals surface area contributed by atoms with Gasteiger partial charge in [-0.1, -0.05) is 17.2 Å². The van der Waals surface area contributed by atoms with E-state index in [1.54, 1.807) is 0 Å². The van der Waals surface area contributed by atoms with Crippen LogP contribution >= 0.6 is 0 Å². The number of alkyl halides is 3. The lowest BCUT2D eigenvalue weighted by molar-refractivity contribution is -0.137. The Morgan fingerprint density at radius 2 is 1.77 bits per heavy atom. The number of hydrogen-bond acceptors (Lipinski definition) is 5. The third-order valence-electron chi connectivity index (χ3n) is 7.26. The van der Waals surface area contributed by atoms with E-state index in [0.29, 0.717) is 42.0 Å². The summed E-state index contributed by atoms with van der Waals surface area (Å²) in [7, 11) is 0. The van der Waals surface area contributed by atoms with E-state index in [1.807, 2.05) is 36.9 Å². The number of amides is 3. The molecule has 9 nitrogen and oxygen atoms in total. The topological polar surface area (TPSA) is 114 Å². The molecule has 0 aliphatic carbocycles. The minimum Gasteiger partial charge on any atom is -0.369 e. The van der Waals surface area contributed by atoms with E-state index in [2.05, 4.69) is 10.4 Å². The van der Waals surface area contributed by atoms with Crippen molar-refractivity contribution >= 4 is 23.3 Å². The number of anilines is 2. The number of carbonyl (C=O) groups is 2. The van der Waals surface area contributed by atoms with Gasteiger partial charge in [0, 0.05) is 49.4 Å². The molecule has 2 aromatic carbocycles. The first kappa shape index (κ1) is 27.2. The molecule has 1 fully saturated rings. The normalized spacial score (nSPS) is 16.8. The lowest BCUT2D eigenvalue weighted by Gasteiger charge is -2.23. The maximum Gasteiger partial charge on any atom is 0.418 e. The fraction of sp³-hybridized carbons (Fsp3) is 0.357. The van der Waals surface area contributed by atoms with E-state index in [0.717, 1.165) is 26.8 Å². The van der Waals surface area contributed by atoms with E-state index in [-0.39, 0.29) is 30.6 Å². The van der Waals surface area contributed by atoms with Crippen molar-refractivity contribution in [3.05, 3.63) is 69.0 Å². The van der Waals surface area contributed by atoms with Crippen LogP contribution in [0.1, 0.15) is 35.6 Å². The molecule has 3 N–H and O–H groups in total. The number of halogens is 3.